The van der Waals surface area contributed by atoms with Crippen molar-refractivity contribution in [1.82, 2.24) is 20.3 Å². The van der Waals surface area contributed by atoms with Gasteiger partial charge in [-0.15, -0.1) is 22.7 Å². The highest BCUT2D eigenvalue weighted by molar-refractivity contribution is 7.21. The second-order valence-electron chi connectivity index (χ2n) is 11.7. The summed E-state index contributed by atoms with van der Waals surface area (Å²) in [5.74, 6) is -2.37. The molecule has 0 unspecified atom stereocenters. The molecular weight excluding hydrogens is 706 g/mol. The number of rotatable bonds is 6. The molecular formula is C39H25F3N6O2S2. The third kappa shape index (κ3) is 6.20. The van der Waals surface area contributed by atoms with E-state index in [1.54, 1.807) is 6.08 Å². The number of alkyl halides is 3. The summed E-state index contributed by atoms with van der Waals surface area (Å²) in [5, 5.41) is 5.98. The standard InChI is InChI=1S/C39H25F3N6O2S2/c1-21(49)43-34-32(36-46-24-16-8-10-18-28(24)51-36)30(22-12-4-2-5-13-22)26(44-34)20-27-31(23-14-6-3-7-15-23)33(35(45-27)48-38(50)39(40,41)42)37-47-25-17-9-11-19-29(25)52-37/h2-20,44H,1H3,(H,43,49)(H,45,48,50). The maximum Gasteiger partial charge on any atom is 0.471 e. The second kappa shape index (κ2) is 13.2. The van der Waals surface area contributed by atoms with Crippen molar-refractivity contribution in [2.24, 2.45) is 4.99 Å². The first-order chi connectivity index (χ1) is 25.1. The Kier molecular flexibility index (Phi) is 8.36. The zero-order valence-electron chi connectivity index (χ0n) is 27.1. The minimum absolute atomic E-state index is 0.248. The summed E-state index contributed by atoms with van der Waals surface area (Å²) in [6, 6.07) is 33.7. The van der Waals surface area contributed by atoms with E-state index in [4.69, 9.17) is 9.97 Å². The molecule has 0 bridgehead atoms. The van der Waals surface area contributed by atoms with Crippen LogP contribution in [0.4, 0.5) is 19.0 Å². The highest BCUT2D eigenvalue weighted by atomic mass is 32.1. The van der Waals surface area contributed by atoms with Crippen molar-refractivity contribution in [3.05, 3.63) is 131 Å². The fourth-order valence-corrected chi connectivity index (χ4v) is 8.11. The summed E-state index contributed by atoms with van der Waals surface area (Å²) in [6.07, 6.45) is -3.45. The number of allylic oxidation sites excluding steroid dienone is 1. The van der Waals surface area contributed by atoms with Gasteiger partial charge in [0.25, 0.3) is 0 Å². The molecule has 4 aromatic carbocycles. The number of H-pyrrole nitrogens is 1. The van der Waals surface area contributed by atoms with E-state index >= 15 is 0 Å². The zero-order chi connectivity index (χ0) is 36.0. The van der Waals surface area contributed by atoms with Gasteiger partial charge in [-0.25, -0.2) is 15.0 Å². The topological polar surface area (TPSA) is 112 Å². The summed E-state index contributed by atoms with van der Waals surface area (Å²) in [5.41, 5.74) is 5.68. The number of fused-ring (bicyclic) bond motifs is 2. The molecule has 3 N–H and O–H groups in total. The molecule has 0 radical (unpaired) electrons. The van der Waals surface area contributed by atoms with Gasteiger partial charge in [-0.1, -0.05) is 84.9 Å². The lowest BCUT2D eigenvalue weighted by Gasteiger charge is -2.11. The predicted octanol–water partition coefficient (Wildman–Crippen LogP) is 9.57. The summed E-state index contributed by atoms with van der Waals surface area (Å²) in [4.78, 5) is 42.8. The highest BCUT2D eigenvalue weighted by Crippen LogP contribution is 2.47. The van der Waals surface area contributed by atoms with Gasteiger partial charge in [0.1, 0.15) is 21.7 Å². The fraction of sp³-hybridized carbons (Fsp3) is 0.0513. The number of carbonyl (C=O) groups excluding carboxylic acids is 2. The maximum absolute atomic E-state index is 13.7. The van der Waals surface area contributed by atoms with E-state index in [0.29, 0.717) is 49.3 Å². The number of nitrogens with zero attached hydrogens (tertiary/aromatic N) is 3. The molecule has 0 fully saturated rings. The van der Waals surface area contributed by atoms with Crippen LogP contribution in [0.25, 0.3) is 59.4 Å². The minimum Gasteiger partial charge on any atom is -0.341 e. The number of thiazole rings is 2. The molecule has 52 heavy (non-hydrogen) atoms. The van der Waals surface area contributed by atoms with Gasteiger partial charge in [0.15, 0.2) is 0 Å². The van der Waals surface area contributed by atoms with Crippen molar-refractivity contribution in [2.45, 2.75) is 13.1 Å². The summed E-state index contributed by atoms with van der Waals surface area (Å²) >= 11 is 2.74. The molecule has 7 aromatic rings. The number of amidine groups is 1. The van der Waals surface area contributed by atoms with E-state index in [9.17, 15) is 22.8 Å². The Morgan fingerprint density at radius 2 is 1.25 bits per heavy atom. The SMILES string of the molecule is CC(=O)Nc1[nH]c(C=C2N=C(NC(=O)C(F)(F)F)C(c3nc4ccccc4s3)=C2c2ccccc2)c(-c2ccccc2)c1-c1nc2ccccc2s1. The predicted molar refractivity (Wildman–Crippen MR) is 202 cm³/mol. The van der Waals surface area contributed by atoms with Gasteiger partial charge >= 0.3 is 12.1 Å². The second-order valence-corrected chi connectivity index (χ2v) is 13.8. The Morgan fingerprint density at radius 1 is 0.692 bits per heavy atom. The van der Waals surface area contributed by atoms with Gasteiger partial charge < -0.3 is 15.6 Å². The van der Waals surface area contributed by atoms with Gasteiger partial charge in [-0.05, 0) is 41.5 Å². The number of amides is 2. The first-order valence-electron chi connectivity index (χ1n) is 15.9. The molecule has 13 heteroatoms. The van der Waals surface area contributed by atoms with Crippen molar-refractivity contribution in [2.75, 3.05) is 5.32 Å². The van der Waals surface area contributed by atoms with Crippen molar-refractivity contribution in [1.29, 1.82) is 0 Å². The normalized spacial score (nSPS) is 14.0. The third-order valence-electron chi connectivity index (χ3n) is 8.22. The number of hydrogen-bond acceptors (Lipinski definition) is 7. The number of carbonyl (C=O) groups is 2. The third-order valence-corrected chi connectivity index (χ3v) is 10.3. The number of anilines is 1. The van der Waals surface area contributed by atoms with E-state index in [0.717, 1.165) is 20.5 Å². The van der Waals surface area contributed by atoms with Crippen LogP contribution in [0.3, 0.4) is 0 Å². The van der Waals surface area contributed by atoms with Crippen molar-refractivity contribution in [3.63, 3.8) is 0 Å². The largest absolute Gasteiger partial charge is 0.471 e. The number of aromatic amines is 1. The number of nitrogens with one attached hydrogen (secondary N) is 3. The Bertz CT molecular complexity index is 2550. The van der Waals surface area contributed by atoms with Crippen LogP contribution >= 0.6 is 22.7 Å². The maximum atomic E-state index is 13.7. The number of para-hydroxylation sites is 2. The average Bonchev–Trinajstić information content (AvgIpc) is 3.91. The molecule has 1 aliphatic rings. The number of halogens is 3. The molecule has 256 valence electrons. The van der Waals surface area contributed by atoms with Crippen molar-refractivity contribution < 1.29 is 22.8 Å². The van der Waals surface area contributed by atoms with E-state index in [-0.39, 0.29) is 23.0 Å². The number of aliphatic imine (C=N–C) groups is 1. The number of hydrogen-bond donors (Lipinski definition) is 3. The Balaban J connectivity index is 1.42. The van der Waals surface area contributed by atoms with Crippen LogP contribution in [0.5, 0.6) is 0 Å². The van der Waals surface area contributed by atoms with Crippen LogP contribution < -0.4 is 10.6 Å². The molecule has 0 saturated heterocycles. The van der Waals surface area contributed by atoms with E-state index in [2.05, 4.69) is 15.3 Å². The van der Waals surface area contributed by atoms with E-state index in [1.807, 2.05) is 115 Å². The molecule has 0 saturated carbocycles. The molecule has 8 rings (SSSR count). The van der Waals surface area contributed by atoms with Crippen LogP contribution in [0.1, 0.15) is 23.2 Å². The Labute approximate surface area is 302 Å². The Morgan fingerprint density at radius 3 is 1.85 bits per heavy atom. The van der Waals surface area contributed by atoms with Crippen LogP contribution in [-0.2, 0) is 9.59 Å². The molecule has 0 spiro atoms. The van der Waals surface area contributed by atoms with E-state index < -0.39 is 12.1 Å². The molecule has 0 atom stereocenters. The highest BCUT2D eigenvalue weighted by Gasteiger charge is 2.41. The number of benzene rings is 4. The average molecular weight is 731 g/mol. The van der Waals surface area contributed by atoms with Crippen LogP contribution in [0.2, 0.25) is 0 Å². The van der Waals surface area contributed by atoms with Gasteiger partial charge in [0, 0.05) is 18.1 Å². The molecule has 8 nitrogen and oxygen atoms in total. The lowest BCUT2D eigenvalue weighted by molar-refractivity contribution is -0.171. The molecule has 0 aliphatic carbocycles. The van der Waals surface area contributed by atoms with Gasteiger partial charge in [0.05, 0.1) is 43.0 Å². The van der Waals surface area contributed by atoms with Crippen LogP contribution in [0.15, 0.2) is 120 Å². The molecule has 2 amide bonds. The quantitative estimate of drug-likeness (QED) is 0.158. The van der Waals surface area contributed by atoms with Crippen molar-refractivity contribution in [3.8, 4) is 21.7 Å². The van der Waals surface area contributed by atoms with E-state index in [1.165, 1.54) is 29.6 Å². The van der Waals surface area contributed by atoms with Gasteiger partial charge in [-0.2, -0.15) is 13.2 Å². The number of aromatic nitrogens is 3. The summed E-state index contributed by atoms with van der Waals surface area (Å²) in [7, 11) is 0. The van der Waals surface area contributed by atoms with Crippen LogP contribution in [0, 0.1) is 0 Å². The smallest absolute Gasteiger partial charge is 0.341 e. The fourth-order valence-electron chi connectivity index (χ4n) is 6.07. The summed E-state index contributed by atoms with van der Waals surface area (Å²) < 4.78 is 43.0. The van der Waals surface area contributed by atoms with Gasteiger partial charge in [0.2, 0.25) is 5.91 Å². The lowest BCUT2D eigenvalue weighted by Crippen LogP contribution is -2.40. The minimum atomic E-state index is -5.17. The first-order valence-corrected chi connectivity index (χ1v) is 17.6. The lowest BCUT2D eigenvalue weighted by atomic mass is 9.96. The van der Waals surface area contributed by atoms with Crippen molar-refractivity contribution >= 4 is 83.8 Å². The zero-order valence-corrected chi connectivity index (χ0v) is 28.7. The van der Waals surface area contributed by atoms with Gasteiger partial charge in [-0.3, -0.25) is 9.59 Å². The first kappa shape index (κ1) is 33.0. The summed E-state index contributed by atoms with van der Waals surface area (Å²) in [6.45, 7) is 1.40. The Hall–Kier alpha value is -6.18. The molecule has 4 heterocycles. The molecule has 3 aromatic heterocycles. The molecule has 1 aliphatic heterocycles. The monoisotopic (exact) mass is 730 g/mol. The van der Waals surface area contributed by atoms with Crippen LogP contribution in [-0.4, -0.2) is 38.8 Å².